The second-order valence-electron chi connectivity index (χ2n) is 6.04. The molecule has 3 amide bonds. The Morgan fingerprint density at radius 2 is 1.86 bits per heavy atom. The van der Waals surface area contributed by atoms with E-state index in [1.54, 1.807) is 42.5 Å². The Labute approximate surface area is 163 Å². The number of benzene rings is 1. The monoisotopic (exact) mass is 381 g/mol. The first kappa shape index (κ1) is 19.2. The molecule has 2 aromatic heterocycles. The maximum atomic E-state index is 12.2. The van der Waals surface area contributed by atoms with Gasteiger partial charge in [0.05, 0.1) is 5.52 Å². The number of nitrogens with zero attached hydrogens (tertiary/aromatic N) is 3. The van der Waals surface area contributed by atoms with Gasteiger partial charge in [-0.05, 0) is 38.1 Å². The average Bonchev–Trinajstić information content (AvgIpc) is 3.12. The minimum Gasteiger partial charge on any atom is -0.457 e. The van der Waals surface area contributed by atoms with Crippen LogP contribution in [0.3, 0.4) is 0 Å². The molecule has 2 N–H and O–H groups in total. The fraction of sp³-hybridized carbons (Fsp3) is 0.250. The molecule has 3 aromatic rings. The third kappa shape index (κ3) is 4.06. The lowest BCUT2D eigenvalue weighted by Gasteiger charge is -2.18. The summed E-state index contributed by atoms with van der Waals surface area (Å²) in [6, 6.07) is 10.3. The third-order valence-corrected chi connectivity index (χ3v) is 4.35. The van der Waals surface area contributed by atoms with Gasteiger partial charge in [0.2, 0.25) is 0 Å². The lowest BCUT2D eigenvalue weighted by atomic mass is 10.2. The van der Waals surface area contributed by atoms with Crippen molar-refractivity contribution in [2.24, 2.45) is 0 Å². The van der Waals surface area contributed by atoms with E-state index in [2.05, 4.69) is 15.6 Å². The van der Waals surface area contributed by atoms with Crippen LogP contribution in [0.5, 0.6) is 11.5 Å². The van der Waals surface area contributed by atoms with Gasteiger partial charge < -0.3 is 15.0 Å². The SMILES string of the molecule is CCN(CC)C(=O)Nc1cc(Oc2ccc3ccn(C(=O)NC)c3c2)ccn1. The van der Waals surface area contributed by atoms with Crippen molar-refractivity contribution in [3.05, 3.63) is 48.8 Å². The number of hydrogen-bond acceptors (Lipinski definition) is 4. The maximum Gasteiger partial charge on any atom is 0.325 e. The number of hydrogen-bond donors (Lipinski definition) is 2. The minimum absolute atomic E-state index is 0.209. The van der Waals surface area contributed by atoms with E-state index >= 15 is 0 Å². The van der Waals surface area contributed by atoms with E-state index in [1.807, 2.05) is 32.0 Å². The zero-order valence-corrected chi connectivity index (χ0v) is 16.1. The molecule has 2 heterocycles. The van der Waals surface area contributed by atoms with Gasteiger partial charge >= 0.3 is 12.1 Å². The maximum absolute atomic E-state index is 12.2. The number of carbonyl (C=O) groups excluding carboxylic acids is 2. The number of amides is 3. The molecule has 0 saturated carbocycles. The van der Waals surface area contributed by atoms with E-state index in [9.17, 15) is 9.59 Å². The lowest BCUT2D eigenvalue weighted by Crippen LogP contribution is -2.34. The third-order valence-electron chi connectivity index (χ3n) is 4.35. The predicted octanol–water partition coefficient (Wildman–Crippen LogP) is 3.89. The quantitative estimate of drug-likeness (QED) is 0.702. The minimum atomic E-state index is -0.225. The summed E-state index contributed by atoms with van der Waals surface area (Å²) in [7, 11) is 1.58. The fourth-order valence-electron chi connectivity index (χ4n) is 2.85. The summed E-state index contributed by atoms with van der Waals surface area (Å²) in [5.41, 5.74) is 0.737. The first-order valence-electron chi connectivity index (χ1n) is 9.08. The van der Waals surface area contributed by atoms with Crippen molar-refractivity contribution >= 4 is 28.8 Å². The van der Waals surface area contributed by atoms with Crippen LogP contribution in [-0.2, 0) is 0 Å². The largest absolute Gasteiger partial charge is 0.457 e. The molecule has 0 spiro atoms. The van der Waals surface area contributed by atoms with Crippen molar-refractivity contribution in [1.82, 2.24) is 19.8 Å². The molecule has 0 bridgehead atoms. The van der Waals surface area contributed by atoms with Crippen LogP contribution in [-0.4, -0.2) is 46.7 Å². The van der Waals surface area contributed by atoms with E-state index in [1.165, 1.54) is 4.57 Å². The van der Waals surface area contributed by atoms with Crippen LogP contribution >= 0.6 is 0 Å². The van der Waals surface area contributed by atoms with Gasteiger partial charge in [-0.1, -0.05) is 0 Å². The number of rotatable bonds is 5. The summed E-state index contributed by atoms with van der Waals surface area (Å²) in [4.78, 5) is 30.0. The number of anilines is 1. The van der Waals surface area contributed by atoms with Gasteiger partial charge in [-0.15, -0.1) is 0 Å². The van der Waals surface area contributed by atoms with Crippen LogP contribution in [0, 0.1) is 0 Å². The molecule has 0 aliphatic rings. The average molecular weight is 381 g/mol. The number of carbonyl (C=O) groups is 2. The molecule has 1 aromatic carbocycles. The Hall–Kier alpha value is -3.55. The van der Waals surface area contributed by atoms with E-state index in [-0.39, 0.29) is 12.1 Å². The topological polar surface area (TPSA) is 88.5 Å². The molecular formula is C20H23N5O3. The molecule has 0 aliphatic carbocycles. The molecular weight excluding hydrogens is 358 g/mol. The Morgan fingerprint density at radius 1 is 1.11 bits per heavy atom. The number of nitrogens with one attached hydrogen (secondary N) is 2. The van der Waals surface area contributed by atoms with Gasteiger partial charge in [0.1, 0.15) is 17.3 Å². The molecule has 0 saturated heterocycles. The highest BCUT2D eigenvalue weighted by Gasteiger charge is 2.12. The smallest absolute Gasteiger partial charge is 0.325 e. The molecule has 0 fully saturated rings. The van der Waals surface area contributed by atoms with Crippen molar-refractivity contribution in [2.75, 3.05) is 25.5 Å². The molecule has 146 valence electrons. The molecule has 0 atom stereocenters. The summed E-state index contributed by atoms with van der Waals surface area (Å²) in [5, 5.41) is 6.30. The second kappa shape index (κ2) is 8.43. The van der Waals surface area contributed by atoms with Crippen LogP contribution in [0.2, 0.25) is 0 Å². The first-order valence-corrected chi connectivity index (χ1v) is 9.08. The van der Waals surface area contributed by atoms with Gasteiger partial charge in [-0.3, -0.25) is 9.88 Å². The molecule has 0 aliphatic heterocycles. The van der Waals surface area contributed by atoms with E-state index in [0.717, 1.165) is 10.9 Å². The lowest BCUT2D eigenvalue weighted by molar-refractivity contribution is 0.217. The number of ether oxygens (including phenoxy) is 1. The summed E-state index contributed by atoms with van der Waals surface area (Å²) in [6.45, 7) is 5.06. The van der Waals surface area contributed by atoms with Gasteiger partial charge in [-0.25, -0.2) is 14.6 Å². The molecule has 28 heavy (non-hydrogen) atoms. The van der Waals surface area contributed by atoms with Crippen molar-refractivity contribution in [2.45, 2.75) is 13.8 Å². The standard InChI is InChI=1S/C20H23N5O3/c1-4-24(5-2)20(27)23-18-13-16(8-10-22-18)28-15-7-6-14-9-11-25(17(14)12-15)19(26)21-3/h6-13H,4-5H2,1-3H3,(H,21,26)(H,22,23,27). The van der Waals surface area contributed by atoms with Crippen LogP contribution in [0.25, 0.3) is 10.9 Å². The van der Waals surface area contributed by atoms with Crippen molar-refractivity contribution in [3.63, 3.8) is 0 Å². The normalized spacial score (nSPS) is 10.5. The van der Waals surface area contributed by atoms with Crippen molar-refractivity contribution in [1.29, 1.82) is 0 Å². The zero-order chi connectivity index (χ0) is 20.1. The van der Waals surface area contributed by atoms with Crippen LogP contribution in [0.4, 0.5) is 15.4 Å². The zero-order valence-electron chi connectivity index (χ0n) is 16.1. The van der Waals surface area contributed by atoms with E-state index < -0.39 is 0 Å². The van der Waals surface area contributed by atoms with Crippen LogP contribution in [0.1, 0.15) is 13.8 Å². The molecule has 8 heteroatoms. The summed E-state index contributed by atoms with van der Waals surface area (Å²) >= 11 is 0. The van der Waals surface area contributed by atoms with Gasteiger partial charge in [0.15, 0.2) is 0 Å². The van der Waals surface area contributed by atoms with Crippen molar-refractivity contribution < 1.29 is 14.3 Å². The van der Waals surface area contributed by atoms with Gasteiger partial charge in [0, 0.05) is 50.0 Å². The first-order chi connectivity index (χ1) is 13.5. The highest BCUT2D eigenvalue weighted by Crippen LogP contribution is 2.27. The number of fused-ring (bicyclic) bond motifs is 1. The number of aromatic nitrogens is 2. The fourth-order valence-corrected chi connectivity index (χ4v) is 2.85. The van der Waals surface area contributed by atoms with Gasteiger partial charge in [0.25, 0.3) is 0 Å². The van der Waals surface area contributed by atoms with Crippen LogP contribution < -0.4 is 15.4 Å². The highest BCUT2D eigenvalue weighted by molar-refractivity contribution is 5.92. The Balaban J connectivity index is 1.80. The molecule has 8 nitrogen and oxygen atoms in total. The highest BCUT2D eigenvalue weighted by atomic mass is 16.5. The van der Waals surface area contributed by atoms with Gasteiger partial charge in [-0.2, -0.15) is 0 Å². The van der Waals surface area contributed by atoms with Crippen LogP contribution in [0.15, 0.2) is 48.8 Å². The Bertz CT molecular complexity index is 994. The predicted molar refractivity (Wildman–Crippen MR) is 108 cm³/mol. The Kier molecular flexibility index (Phi) is 5.78. The second-order valence-corrected chi connectivity index (χ2v) is 6.04. The molecule has 0 radical (unpaired) electrons. The van der Waals surface area contributed by atoms with Crippen molar-refractivity contribution in [3.8, 4) is 11.5 Å². The number of pyridine rings is 1. The Morgan fingerprint density at radius 3 is 2.57 bits per heavy atom. The number of urea groups is 1. The molecule has 0 unspecified atom stereocenters. The summed E-state index contributed by atoms with van der Waals surface area (Å²) in [5.74, 6) is 1.51. The summed E-state index contributed by atoms with van der Waals surface area (Å²) in [6.07, 6.45) is 3.28. The molecule has 3 rings (SSSR count). The van der Waals surface area contributed by atoms with E-state index in [0.29, 0.717) is 30.4 Å². The summed E-state index contributed by atoms with van der Waals surface area (Å²) < 4.78 is 7.43. The van der Waals surface area contributed by atoms with E-state index in [4.69, 9.17) is 4.74 Å².